The number of hydrogen-bond acceptors (Lipinski definition) is 5. The molecule has 2 N–H and O–H groups in total. The van der Waals surface area contributed by atoms with Crippen molar-refractivity contribution in [3.8, 4) is 0 Å². The van der Waals surface area contributed by atoms with Crippen LogP contribution >= 0.6 is 0 Å². The molecular weight excluding hydrogens is 284 g/mol. The molecule has 1 aliphatic heterocycles. The van der Waals surface area contributed by atoms with Gasteiger partial charge in [0, 0.05) is 13.5 Å². The average Bonchev–Trinajstić information content (AvgIpc) is 2.49. The number of carbonyl (C=O) groups is 2. The van der Waals surface area contributed by atoms with Crippen molar-refractivity contribution in [2.45, 2.75) is 25.8 Å². The van der Waals surface area contributed by atoms with Crippen LogP contribution in [-0.2, 0) is 9.59 Å². The first-order chi connectivity index (χ1) is 10.5. The fraction of sp³-hybridized carbons (Fsp3) is 0.333. The third kappa shape index (κ3) is 2.14. The van der Waals surface area contributed by atoms with Crippen LogP contribution in [0.3, 0.4) is 0 Å². The van der Waals surface area contributed by atoms with Gasteiger partial charge in [0.1, 0.15) is 17.4 Å². The Balaban J connectivity index is 2.21. The van der Waals surface area contributed by atoms with Gasteiger partial charge in [-0.15, -0.1) is 0 Å². The first-order valence-electron chi connectivity index (χ1n) is 7.06. The molecule has 0 saturated carbocycles. The Hall–Kier alpha value is -2.70. The number of nitrogens with one attached hydrogen (secondary N) is 2. The van der Waals surface area contributed by atoms with Crippen LogP contribution in [0, 0.1) is 6.92 Å². The summed E-state index contributed by atoms with van der Waals surface area (Å²) in [5, 5.41) is 5.73. The maximum Gasteiger partial charge on any atom is 0.262 e. The number of aryl methyl sites for hydroxylation is 1. The quantitative estimate of drug-likeness (QED) is 0.797. The largest absolute Gasteiger partial charge is 0.386 e. The SMILES string of the molecule is CNc1cccc2c(=O)n(C3CCC(=O)NC3=O)c(C)nc12. The number of amides is 2. The predicted octanol–water partition coefficient (Wildman–Crippen LogP) is 0.724. The predicted molar refractivity (Wildman–Crippen MR) is 81.7 cm³/mol. The van der Waals surface area contributed by atoms with Crippen molar-refractivity contribution in [2.24, 2.45) is 0 Å². The van der Waals surface area contributed by atoms with E-state index < -0.39 is 11.9 Å². The fourth-order valence-electron chi connectivity index (χ4n) is 2.83. The Kier molecular flexibility index (Phi) is 3.40. The van der Waals surface area contributed by atoms with E-state index >= 15 is 0 Å². The van der Waals surface area contributed by atoms with Gasteiger partial charge in [0.25, 0.3) is 5.56 Å². The van der Waals surface area contributed by atoms with Gasteiger partial charge in [-0.3, -0.25) is 24.3 Å². The lowest BCUT2D eigenvalue weighted by molar-refractivity contribution is -0.135. The van der Waals surface area contributed by atoms with Gasteiger partial charge in [-0.2, -0.15) is 0 Å². The third-order valence-electron chi connectivity index (χ3n) is 3.90. The van der Waals surface area contributed by atoms with Gasteiger partial charge in [0.2, 0.25) is 11.8 Å². The summed E-state index contributed by atoms with van der Waals surface area (Å²) in [6.45, 7) is 1.69. The van der Waals surface area contributed by atoms with Crippen LogP contribution in [0.4, 0.5) is 5.69 Å². The van der Waals surface area contributed by atoms with E-state index in [4.69, 9.17) is 0 Å². The molecular formula is C15H16N4O3. The number of fused-ring (bicyclic) bond motifs is 1. The molecule has 1 aliphatic rings. The van der Waals surface area contributed by atoms with Crippen LogP contribution in [0.25, 0.3) is 10.9 Å². The maximum absolute atomic E-state index is 12.8. The zero-order chi connectivity index (χ0) is 15.9. The van der Waals surface area contributed by atoms with E-state index in [1.807, 2.05) is 6.07 Å². The molecule has 1 atom stereocenters. The molecule has 0 spiro atoms. The fourth-order valence-corrected chi connectivity index (χ4v) is 2.83. The molecule has 1 saturated heterocycles. The lowest BCUT2D eigenvalue weighted by Gasteiger charge is -2.24. The molecule has 1 fully saturated rings. The highest BCUT2D eigenvalue weighted by Gasteiger charge is 2.30. The zero-order valence-electron chi connectivity index (χ0n) is 12.3. The van der Waals surface area contributed by atoms with E-state index in [1.54, 1.807) is 26.1 Å². The molecule has 22 heavy (non-hydrogen) atoms. The number of piperidine rings is 1. The second kappa shape index (κ2) is 5.25. The van der Waals surface area contributed by atoms with Gasteiger partial charge in [-0.1, -0.05) is 6.07 Å². The van der Waals surface area contributed by atoms with E-state index in [0.29, 0.717) is 23.1 Å². The number of anilines is 1. The van der Waals surface area contributed by atoms with E-state index in [9.17, 15) is 14.4 Å². The molecule has 3 rings (SSSR count). The van der Waals surface area contributed by atoms with Crippen LogP contribution in [0.5, 0.6) is 0 Å². The van der Waals surface area contributed by atoms with Crippen molar-refractivity contribution in [3.63, 3.8) is 0 Å². The van der Waals surface area contributed by atoms with Gasteiger partial charge >= 0.3 is 0 Å². The van der Waals surface area contributed by atoms with Gasteiger partial charge in [-0.25, -0.2) is 4.98 Å². The summed E-state index contributed by atoms with van der Waals surface area (Å²) in [6, 6.07) is 4.60. The molecule has 1 unspecified atom stereocenters. The van der Waals surface area contributed by atoms with Crippen molar-refractivity contribution < 1.29 is 9.59 Å². The molecule has 1 aromatic carbocycles. The lowest BCUT2D eigenvalue weighted by Crippen LogP contribution is -2.45. The zero-order valence-corrected chi connectivity index (χ0v) is 12.3. The standard InChI is InChI=1S/C15H16N4O3/c1-8-17-13-9(4-3-5-10(13)16-2)15(22)19(8)11-6-7-12(20)18-14(11)21/h3-5,11,16H,6-7H2,1-2H3,(H,18,20,21). The van der Waals surface area contributed by atoms with Gasteiger partial charge in [0.15, 0.2) is 0 Å². The highest BCUT2D eigenvalue weighted by atomic mass is 16.2. The van der Waals surface area contributed by atoms with Crippen molar-refractivity contribution in [1.82, 2.24) is 14.9 Å². The van der Waals surface area contributed by atoms with Crippen molar-refractivity contribution in [1.29, 1.82) is 0 Å². The Morgan fingerprint density at radius 1 is 1.32 bits per heavy atom. The van der Waals surface area contributed by atoms with Crippen LogP contribution < -0.4 is 16.2 Å². The highest BCUT2D eigenvalue weighted by Crippen LogP contribution is 2.22. The molecule has 114 valence electrons. The van der Waals surface area contributed by atoms with Crippen LogP contribution in [0.15, 0.2) is 23.0 Å². The summed E-state index contributed by atoms with van der Waals surface area (Å²) >= 11 is 0. The maximum atomic E-state index is 12.8. The smallest absolute Gasteiger partial charge is 0.262 e. The molecule has 0 aliphatic carbocycles. The first kappa shape index (κ1) is 14.2. The van der Waals surface area contributed by atoms with Gasteiger partial charge in [-0.05, 0) is 25.5 Å². The normalized spacial score (nSPS) is 18.4. The molecule has 2 amide bonds. The summed E-state index contributed by atoms with van der Waals surface area (Å²) in [6.07, 6.45) is 0.529. The summed E-state index contributed by atoms with van der Waals surface area (Å²) in [5.41, 5.74) is 1.07. The number of nitrogens with zero attached hydrogens (tertiary/aromatic N) is 2. The molecule has 7 heteroatoms. The Labute approximate surface area is 126 Å². The second-order valence-corrected chi connectivity index (χ2v) is 5.25. The minimum Gasteiger partial charge on any atom is -0.386 e. The van der Waals surface area contributed by atoms with Crippen LogP contribution in [-0.4, -0.2) is 28.4 Å². The molecule has 0 bridgehead atoms. The third-order valence-corrected chi connectivity index (χ3v) is 3.90. The Bertz CT molecular complexity index is 841. The molecule has 2 heterocycles. The monoisotopic (exact) mass is 300 g/mol. The highest BCUT2D eigenvalue weighted by molar-refractivity contribution is 5.99. The van der Waals surface area contributed by atoms with Crippen LogP contribution in [0.2, 0.25) is 0 Å². The number of hydrogen-bond donors (Lipinski definition) is 2. The summed E-state index contributed by atoms with van der Waals surface area (Å²) in [7, 11) is 1.76. The second-order valence-electron chi connectivity index (χ2n) is 5.25. The van der Waals surface area contributed by atoms with Crippen LogP contribution in [0.1, 0.15) is 24.7 Å². The Morgan fingerprint density at radius 3 is 2.77 bits per heavy atom. The van der Waals surface area contributed by atoms with Gasteiger partial charge < -0.3 is 5.32 Å². The Morgan fingerprint density at radius 2 is 2.09 bits per heavy atom. The van der Waals surface area contributed by atoms with E-state index in [2.05, 4.69) is 15.6 Å². The summed E-state index contributed by atoms with van der Waals surface area (Å²) in [5.74, 6) is -0.305. The molecule has 0 radical (unpaired) electrons. The molecule has 7 nitrogen and oxygen atoms in total. The number of rotatable bonds is 2. The van der Waals surface area contributed by atoms with E-state index in [0.717, 1.165) is 5.69 Å². The van der Waals surface area contributed by atoms with Crippen molar-refractivity contribution in [2.75, 3.05) is 12.4 Å². The molecule has 2 aromatic rings. The van der Waals surface area contributed by atoms with Gasteiger partial charge in [0.05, 0.1) is 11.1 Å². The number of para-hydroxylation sites is 1. The minimum absolute atomic E-state index is 0.219. The number of benzene rings is 1. The first-order valence-corrected chi connectivity index (χ1v) is 7.06. The van der Waals surface area contributed by atoms with Crippen molar-refractivity contribution in [3.05, 3.63) is 34.4 Å². The summed E-state index contributed by atoms with van der Waals surface area (Å²) < 4.78 is 1.38. The minimum atomic E-state index is -0.694. The number of carbonyl (C=O) groups excluding carboxylic acids is 2. The van der Waals surface area contributed by atoms with E-state index in [1.165, 1.54) is 4.57 Å². The summed E-state index contributed by atoms with van der Waals surface area (Å²) in [4.78, 5) is 40.6. The molecule has 1 aromatic heterocycles. The number of aromatic nitrogens is 2. The number of imide groups is 1. The van der Waals surface area contributed by atoms with E-state index in [-0.39, 0.29) is 17.9 Å². The lowest BCUT2D eigenvalue weighted by atomic mass is 10.1. The topological polar surface area (TPSA) is 93.1 Å². The van der Waals surface area contributed by atoms with Crippen molar-refractivity contribution >= 4 is 28.4 Å². The average molecular weight is 300 g/mol.